The molecule has 0 atom stereocenters. The highest BCUT2D eigenvalue weighted by Crippen LogP contribution is 2.24. The molecule has 0 aliphatic carbocycles. The molecule has 17 heavy (non-hydrogen) atoms. The predicted molar refractivity (Wildman–Crippen MR) is 72.4 cm³/mol. The van der Waals surface area contributed by atoms with Gasteiger partial charge in [-0.2, -0.15) is 0 Å². The molecule has 0 fully saturated rings. The highest BCUT2D eigenvalue weighted by molar-refractivity contribution is 6.27. The molecule has 1 N–H and O–H groups in total. The maximum Gasteiger partial charge on any atom is 0.235 e. The van der Waals surface area contributed by atoms with Crippen molar-refractivity contribution < 1.29 is 4.79 Å². The number of amides is 1. The third-order valence-electron chi connectivity index (χ3n) is 2.81. The summed E-state index contributed by atoms with van der Waals surface area (Å²) in [6.45, 7) is 9.13. The van der Waals surface area contributed by atoms with Gasteiger partial charge in [-0.25, -0.2) is 0 Å². The predicted octanol–water partition coefficient (Wildman–Crippen LogP) is 3.15. The van der Waals surface area contributed by atoms with E-state index in [-0.39, 0.29) is 17.2 Å². The average molecular weight is 254 g/mol. The third-order valence-corrected chi connectivity index (χ3v) is 3.06. The minimum atomic E-state index is -0.132. The van der Waals surface area contributed by atoms with Gasteiger partial charge in [-0.15, -0.1) is 11.6 Å². The van der Waals surface area contributed by atoms with E-state index in [1.54, 1.807) is 0 Å². The summed E-state index contributed by atoms with van der Waals surface area (Å²) >= 11 is 5.45. The van der Waals surface area contributed by atoms with E-state index in [2.05, 4.69) is 51.2 Å². The van der Waals surface area contributed by atoms with Crippen molar-refractivity contribution in [3.8, 4) is 0 Å². The molecular formula is C14H20ClNO. The minimum absolute atomic E-state index is 0.0119. The highest BCUT2D eigenvalue weighted by atomic mass is 35.5. The lowest BCUT2D eigenvalue weighted by molar-refractivity contribution is -0.118. The van der Waals surface area contributed by atoms with Crippen LogP contribution < -0.4 is 5.32 Å². The maximum absolute atomic E-state index is 11.1. The number of carbonyl (C=O) groups is 1. The van der Waals surface area contributed by atoms with Crippen molar-refractivity contribution in [3.05, 3.63) is 34.9 Å². The van der Waals surface area contributed by atoms with Crippen molar-refractivity contribution in [1.82, 2.24) is 5.32 Å². The van der Waals surface area contributed by atoms with E-state index in [4.69, 9.17) is 11.6 Å². The summed E-state index contributed by atoms with van der Waals surface area (Å²) in [6.07, 6.45) is 0. The number of hydrogen-bond acceptors (Lipinski definition) is 1. The van der Waals surface area contributed by atoms with Gasteiger partial charge in [-0.1, -0.05) is 39.0 Å². The smallest absolute Gasteiger partial charge is 0.235 e. The maximum atomic E-state index is 11.1. The number of hydrogen-bond donors (Lipinski definition) is 1. The Morgan fingerprint density at radius 1 is 1.35 bits per heavy atom. The number of carbonyl (C=O) groups excluding carboxylic acids is 1. The van der Waals surface area contributed by atoms with Crippen molar-refractivity contribution in [2.75, 3.05) is 5.88 Å². The Bertz CT molecular complexity index is 407. The lowest BCUT2D eigenvalue weighted by Crippen LogP contribution is -2.24. The Kier molecular flexibility index (Phi) is 4.58. The summed E-state index contributed by atoms with van der Waals surface area (Å²) in [7, 11) is 0. The summed E-state index contributed by atoms with van der Waals surface area (Å²) in [5.41, 5.74) is 3.74. The van der Waals surface area contributed by atoms with E-state index in [1.165, 1.54) is 11.1 Å². The summed E-state index contributed by atoms with van der Waals surface area (Å²) in [4.78, 5) is 11.1. The zero-order valence-corrected chi connectivity index (χ0v) is 11.7. The van der Waals surface area contributed by atoms with Crippen molar-refractivity contribution in [1.29, 1.82) is 0 Å². The SMILES string of the molecule is Cc1ccc(C(C)(C)C)cc1CNC(=O)CCl. The number of nitrogens with one attached hydrogen (secondary N) is 1. The molecule has 3 heteroatoms. The van der Waals surface area contributed by atoms with Crippen LogP contribution in [0.1, 0.15) is 37.5 Å². The number of halogens is 1. The van der Waals surface area contributed by atoms with Gasteiger partial charge in [0.25, 0.3) is 0 Å². The molecule has 0 aliphatic heterocycles. The van der Waals surface area contributed by atoms with Crippen molar-refractivity contribution in [2.45, 2.75) is 39.7 Å². The van der Waals surface area contributed by atoms with Gasteiger partial charge in [-0.3, -0.25) is 4.79 Å². The van der Waals surface area contributed by atoms with Gasteiger partial charge in [0.15, 0.2) is 0 Å². The van der Waals surface area contributed by atoms with Crippen LogP contribution in [0, 0.1) is 6.92 Å². The molecule has 0 aliphatic rings. The lowest BCUT2D eigenvalue weighted by atomic mass is 9.85. The molecule has 0 unspecified atom stereocenters. The van der Waals surface area contributed by atoms with Gasteiger partial charge < -0.3 is 5.32 Å². The topological polar surface area (TPSA) is 29.1 Å². The molecule has 1 aromatic carbocycles. The Morgan fingerprint density at radius 2 is 2.00 bits per heavy atom. The first kappa shape index (κ1) is 14.0. The minimum Gasteiger partial charge on any atom is -0.351 e. The van der Waals surface area contributed by atoms with Gasteiger partial charge in [0.2, 0.25) is 5.91 Å². The van der Waals surface area contributed by atoms with E-state index in [0.717, 1.165) is 5.56 Å². The van der Waals surface area contributed by atoms with Crippen LogP contribution in [0.3, 0.4) is 0 Å². The highest BCUT2D eigenvalue weighted by Gasteiger charge is 2.14. The van der Waals surface area contributed by atoms with E-state index in [9.17, 15) is 4.79 Å². The van der Waals surface area contributed by atoms with Gasteiger partial charge in [0.1, 0.15) is 5.88 Å². The Balaban J connectivity index is 2.88. The van der Waals surface area contributed by atoms with Crippen molar-refractivity contribution >= 4 is 17.5 Å². The number of rotatable bonds is 3. The molecule has 1 amide bonds. The monoisotopic (exact) mass is 253 g/mol. The summed E-state index contributed by atoms with van der Waals surface area (Å²) in [5.74, 6) is -0.120. The van der Waals surface area contributed by atoms with Gasteiger partial charge in [-0.05, 0) is 29.0 Å². The van der Waals surface area contributed by atoms with Crippen LogP contribution in [0.15, 0.2) is 18.2 Å². The Hall–Kier alpha value is -1.02. The fourth-order valence-electron chi connectivity index (χ4n) is 1.57. The van der Waals surface area contributed by atoms with Crippen molar-refractivity contribution in [2.24, 2.45) is 0 Å². The molecule has 0 radical (unpaired) electrons. The average Bonchev–Trinajstić information content (AvgIpc) is 2.26. The van der Waals surface area contributed by atoms with Crippen LogP contribution in [-0.2, 0) is 16.8 Å². The van der Waals surface area contributed by atoms with Gasteiger partial charge in [0.05, 0.1) is 0 Å². The first-order valence-corrected chi connectivity index (χ1v) is 6.30. The largest absolute Gasteiger partial charge is 0.351 e. The zero-order chi connectivity index (χ0) is 13.1. The molecule has 0 aromatic heterocycles. The fourth-order valence-corrected chi connectivity index (χ4v) is 1.66. The molecular weight excluding hydrogens is 234 g/mol. The van der Waals surface area contributed by atoms with Crippen LogP contribution >= 0.6 is 11.6 Å². The van der Waals surface area contributed by atoms with Crippen molar-refractivity contribution in [3.63, 3.8) is 0 Å². The molecule has 0 heterocycles. The van der Waals surface area contributed by atoms with Gasteiger partial charge >= 0.3 is 0 Å². The number of aryl methyl sites for hydroxylation is 1. The van der Waals surface area contributed by atoms with Crippen LogP contribution in [0.25, 0.3) is 0 Å². The Morgan fingerprint density at radius 3 is 2.53 bits per heavy atom. The quantitative estimate of drug-likeness (QED) is 0.824. The Labute approximate surface area is 108 Å². The zero-order valence-electron chi connectivity index (χ0n) is 10.9. The van der Waals surface area contributed by atoms with E-state index in [0.29, 0.717) is 6.54 Å². The normalized spacial score (nSPS) is 11.4. The molecule has 1 aromatic rings. The van der Waals surface area contributed by atoms with Crippen LogP contribution in [0.4, 0.5) is 0 Å². The number of alkyl halides is 1. The van der Waals surface area contributed by atoms with E-state index in [1.807, 2.05) is 0 Å². The molecule has 0 saturated carbocycles. The summed E-state index contributed by atoms with van der Waals surface area (Å²) in [5, 5.41) is 2.80. The summed E-state index contributed by atoms with van der Waals surface area (Å²) < 4.78 is 0. The third kappa shape index (κ3) is 4.04. The van der Waals surface area contributed by atoms with Crippen LogP contribution in [-0.4, -0.2) is 11.8 Å². The van der Waals surface area contributed by atoms with E-state index >= 15 is 0 Å². The number of benzene rings is 1. The second-order valence-electron chi connectivity index (χ2n) is 5.30. The second-order valence-corrected chi connectivity index (χ2v) is 5.57. The molecule has 1 rings (SSSR count). The fraction of sp³-hybridized carbons (Fsp3) is 0.500. The first-order chi connectivity index (χ1) is 7.84. The summed E-state index contributed by atoms with van der Waals surface area (Å²) in [6, 6.07) is 6.40. The van der Waals surface area contributed by atoms with Crippen LogP contribution in [0.5, 0.6) is 0 Å². The first-order valence-electron chi connectivity index (χ1n) is 5.77. The molecule has 0 bridgehead atoms. The lowest BCUT2D eigenvalue weighted by Gasteiger charge is -2.21. The van der Waals surface area contributed by atoms with Gasteiger partial charge in [0, 0.05) is 6.54 Å². The molecule has 94 valence electrons. The second kappa shape index (κ2) is 5.54. The standard InChI is InChI=1S/C14H20ClNO/c1-10-5-6-12(14(2,3)4)7-11(10)9-16-13(17)8-15/h5-7H,8-9H2,1-4H3,(H,16,17). The molecule has 0 saturated heterocycles. The molecule has 0 spiro atoms. The molecule has 2 nitrogen and oxygen atoms in total. The van der Waals surface area contributed by atoms with E-state index < -0.39 is 0 Å². The van der Waals surface area contributed by atoms with Crippen LogP contribution in [0.2, 0.25) is 0 Å².